The summed E-state index contributed by atoms with van der Waals surface area (Å²) in [5, 5.41) is 0. The summed E-state index contributed by atoms with van der Waals surface area (Å²) in [5.41, 5.74) is 0. The van der Waals surface area contributed by atoms with Crippen molar-refractivity contribution in [2.24, 2.45) is 0 Å². The Hall–Kier alpha value is -2.89. The second kappa shape index (κ2) is 65.6. The Labute approximate surface area is 479 Å². The van der Waals surface area contributed by atoms with E-state index < -0.39 is 6.10 Å². The van der Waals surface area contributed by atoms with Crippen molar-refractivity contribution in [3.63, 3.8) is 0 Å². The number of ether oxygens (including phenoxy) is 3. The second-order valence-corrected chi connectivity index (χ2v) is 22.7. The monoisotopic (exact) mass is 1080 g/mol. The van der Waals surface area contributed by atoms with Crippen LogP contribution in [0.1, 0.15) is 355 Å². The van der Waals surface area contributed by atoms with Gasteiger partial charge in [0.25, 0.3) is 0 Å². The Kier molecular flexibility index (Phi) is 63.2. The van der Waals surface area contributed by atoms with Crippen LogP contribution in [-0.4, -0.2) is 37.2 Å². The maximum Gasteiger partial charge on any atom is 0.306 e. The van der Waals surface area contributed by atoms with Gasteiger partial charge in [0, 0.05) is 19.3 Å². The minimum absolute atomic E-state index is 0.0694. The number of hydrogen-bond acceptors (Lipinski definition) is 6. The van der Waals surface area contributed by atoms with Gasteiger partial charge in [-0.1, -0.05) is 332 Å². The predicted molar refractivity (Wildman–Crippen MR) is 335 cm³/mol. The molecule has 0 saturated carbocycles. The molecule has 0 saturated heterocycles. The van der Waals surface area contributed by atoms with Crippen molar-refractivity contribution in [3.8, 4) is 0 Å². The maximum atomic E-state index is 12.9. The summed E-state index contributed by atoms with van der Waals surface area (Å²) in [4.78, 5) is 38.3. The molecule has 0 aliphatic carbocycles. The standard InChI is InChI=1S/C71H128O6/c1-4-7-10-13-16-19-22-24-26-28-30-32-34-35-36-37-38-40-41-43-45-47-49-52-55-58-61-64-70(73)76-67-68(66-75-69(72)63-60-57-54-51-21-18-15-12-9-6-3)77-71(74)65-62-59-56-53-50-48-46-44-42-39-33-31-29-27-25-23-20-17-14-11-8-5-2/h7,10,16,19,24,26,30,32,35-36,68H,4-6,8-9,11-15,17-18,20-23,25,27-29,31,33-34,37-67H2,1-3H3/b10-7-,19-16-,26-24-,32-30-,36-35-. The summed E-state index contributed by atoms with van der Waals surface area (Å²) < 4.78 is 16.9. The van der Waals surface area contributed by atoms with E-state index in [1.165, 1.54) is 225 Å². The lowest BCUT2D eigenvalue weighted by molar-refractivity contribution is -0.167. The Morgan fingerprint density at radius 2 is 0.506 bits per heavy atom. The number of esters is 3. The lowest BCUT2D eigenvalue weighted by Crippen LogP contribution is -2.30. The van der Waals surface area contributed by atoms with E-state index in [2.05, 4.69) is 81.5 Å². The van der Waals surface area contributed by atoms with Gasteiger partial charge in [0.15, 0.2) is 6.10 Å². The van der Waals surface area contributed by atoms with E-state index in [-0.39, 0.29) is 31.1 Å². The van der Waals surface area contributed by atoms with Crippen molar-refractivity contribution in [1.29, 1.82) is 0 Å². The molecule has 0 heterocycles. The van der Waals surface area contributed by atoms with Crippen LogP contribution in [-0.2, 0) is 28.6 Å². The summed E-state index contributed by atoms with van der Waals surface area (Å²) in [6, 6.07) is 0. The molecule has 6 heteroatoms. The zero-order valence-electron chi connectivity index (χ0n) is 51.5. The van der Waals surface area contributed by atoms with Crippen LogP contribution < -0.4 is 0 Å². The molecule has 0 amide bonds. The number of rotatable bonds is 62. The summed E-state index contributed by atoms with van der Waals surface area (Å²) in [6.07, 6.45) is 83.9. The van der Waals surface area contributed by atoms with E-state index >= 15 is 0 Å². The predicted octanol–water partition coefficient (Wildman–Crippen LogP) is 23.1. The zero-order chi connectivity index (χ0) is 55.7. The van der Waals surface area contributed by atoms with E-state index in [1.54, 1.807) is 0 Å². The van der Waals surface area contributed by atoms with Crippen molar-refractivity contribution in [2.75, 3.05) is 13.2 Å². The molecule has 0 N–H and O–H groups in total. The number of carbonyl (C=O) groups excluding carboxylic acids is 3. The van der Waals surface area contributed by atoms with Crippen LogP contribution in [0.15, 0.2) is 60.8 Å². The highest BCUT2D eigenvalue weighted by molar-refractivity contribution is 5.71. The molecule has 6 nitrogen and oxygen atoms in total. The van der Waals surface area contributed by atoms with Gasteiger partial charge in [-0.25, -0.2) is 0 Å². The molecular weight excluding hydrogens is 949 g/mol. The van der Waals surface area contributed by atoms with Crippen LogP contribution in [0.2, 0.25) is 0 Å². The highest BCUT2D eigenvalue weighted by Gasteiger charge is 2.19. The van der Waals surface area contributed by atoms with E-state index in [0.717, 1.165) is 89.9 Å². The van der Waals surface area contributed by atoms with Gasteiger partial charge in [-0.05, 0) is 64.2 Å². The fourth-order valence-electron chi connectivity index (χ4n) is 10.0. The highest BCUT2D eigenvalue weighted by atomic mass is 16.6. The Morgan fingerprint density at radius 1 is 0.273 bits per heavy atom. The molecule has 0 aromatic heterocycles. The molecule has 0 fully saturated rings. The lowest BCUT2D eigenvalue weighted by Gasteiger charge is -2.18. The lowest BCUT2D eigenvalue weighted by atomic mass is 10.0. The first-order valence-electron chi connectivity index (χ1n) is 33.8. The van der Waals surface area contributed by atoms with Gasteiger partial charge in [0.05, 0.1) is 0 Å². The summed E-state index contributed by atoms with van der Waals surface area (Å²) in [5.74, 6) is -0.851. The zero-order valence-corrected chi connectivity index (χ0v) is 51.5. The molecule has 0 spiro atoms. The summed E-state index contributed by atoms with van der Waals surface area (Å²) in [7, 11) is 0. The Bertz CT molecular complexity index is 1380. The number of unbranched alkanes of at least 4 members (excludes halogenated alkanes) is 41. The van der Waals surface area contributed by atoms with E-state index in [4.69, 9.17) is 14.2 Å². The Morgan fingerprint density at radius 3 is 0.792 bits per heavy atom. The third-order valence-electron chi connectivity index (χ3n) is 15.0. The first kappa shape index (κ1) is 74.1. The quantitative estimate of drug-likeness (QED) is 0.0261. The third-order valence-corrected chi connectivity index (χ3v) is 15.0. The molecule has 0 radical (unpaired) electrons. The number of carbonyl (C=O) groups is 3. The molecule has 1 atom stereocenters. The molecule has 77 heavy (non-hydrogen) atoms. The fraction of sp³-hybridized carbons (Fsp3) is 0.817. The van der Waals surface area contributed by atoms with Crippen molar-refractivity contribution in [2.45, 2.75) is 361 Å². The van der Waals surface area contributed by atoms with Gasteiger partial charge in [0.2, 0.25) is 0 Å². The number of allylic oxidation sites excluding steroid dienone is 10. The minimum Gasteiger partial charge on any atom is -0.462 e. The van der Waals surface area contributed by atoms with Gasteiger partial charge in [-0.3, -0.25) is 14.4 Å². The van der Waals surface area contributed by atoms with Crippen LogP contribution in [0.4, 0.5) is 0 Å². The normalized spacial score (nSPS) is 12.4. The van der Waals surface area contributed by atoms with Gasteiger partial charge >= 0.3 is 17.9 Å². The average Bonchev–Trinajstić information content (AvgIpc) is 3.43. The van der Waals surface area contributed by atoms with Crippen molar-refractivity contribution in [3.05, 3.63) is 60.8 Å². The van der Waals surface area contributed by atoms with Crippen molar-refractivity contribution >= 4 is 17.9 Å². The van der Waals surface area contributed by atoms with E-state index in [1.807, 2.05) is 0 Å². The van der Waals surface area contributed by atoms with Crippen LogP contribution in [0.25, 0.3) is 0 Å². The molecule has 448 valence electrons. The van der Waals surface area contributed by atoms with E-state index in [0.29, 0.717) is 19.3 Å². The molecule has 0 aliphatic heterocycles. The highest BCUT2D eigenvalue weighted by Crippen LogP contribution is 2.18. The molecule has 0 rings (SSSR count). The molecule has 0 aromatic carbocycles. The summed E-state index contributed by atoms with van der Waals surface area (Å²) in [6.45, 7) is 6.57. The summed E-state index contributed by atoms with van der Waals surface area (Å²) >= 11 is 0. The maximum absolute atomic E-state index is 12.9. The van der Waals surface area contributed by atoms with Crippen molar-refractivity contribution in [1.82, 2.24) is 0 Å². The fourth-order valence-corrected chi connectivity index (χ4v) is 10.0. The van der Waals surface area contributed by atoms with Gasteiger partial charge in [-0.15, -0.1) is 0 Å². The van der Waals surface area contributed by atoms with Crippen LogP contribution in [0, 0.1) is 0 Å². The van der Waals surface area contributed by atoms with Crippen LogP contribution in [0.5, 0.6) is 0 Å². The van der Waals surface area contributed by atoms with Gasteiger partial charge in [0.1, 0.15) is 13.2 Å². The van der Waals surface area contributed by atoms with Gasteiger partial charge in [-0.2, -0.15) is 0 Å². The molecule has 1 unspecified atom stereocenters. The average molecular weight is 1080 g/mol. The molecule has 0 aromatic rings. The Balaban J connectivity index is 4.19. The topological polar surface area (TPSA) is 78.9 Å². The smallest absolute Gasteiger partial charge is 0.306 e. The minimum atomic E-state index is -0.772. The van der Waals surface area contributed by atoms with Gasteiger partial charge < -0.3 is 14.2 Å². The molecular formula is C71H128O6. The van der Waals surface area contributed by atoms with Crippen LogP contribution in [0.3, 0.4) is 0 Å². The third kappa shape index (κ3) is 63.8. The van der Waals surface area contributed by atoms with Crippen molar-refractivity contribution < 1.29 is 28.6 Å². The second-order valence-electron chi connectivity index (χ2n) is 22.7. The number of hydrogen-bond donors (Lipinski definition) is 0. The first-order valence-corrected chi connectivity index (χ1v) is 33.8. The van der Waals surface area contributed by atoms with Crippen LogP contribution >= 0.6 is 0 Å². The molecule has 0 aliphatic rings. The molecule has 0 bridgehead atoms. The first-order chi connectivity index (χ1) is 38.0. The largest absolute Gasteiger partial charge is 0.462 e. The SMILES string of the molecule is CC/C=C\C/C=C\C/C=C\C/C=C\C/C=C\CCCCCCCCCCCCCC(=O)OCC(COC(=O)CCCCCCCCCCCC)OC(=O)CCCCCCCCCCCCCCCCCCCCCCCC. The van der Waals surface area contributed by atoms with E-state index in [9.17, 15) is 14.4 Å².